The number of amides is 1. The lowest BCUT2D eigenvalue weighted by atomic mass is 9.86. The van der Waals surface area contributed by atoms with Gasteiger partial charge in [0.05, 0.1) is 29.4 Å². The Bertz CT molecular complexity index is 749. The molecule has 0 radical (unpaired) electrons. The molecule has 7 nitrogen and oxygen atoms in total. The summed E-state index contributed by atoms with van der Waals surface area (Å²) < 4.78 is 1.72. The number of carbonyl (C=O) groups is 2. The Kier molecular flexibility index (Phi) is 5.11. The minimum Gasteiger partial charge on any atom is -0.481 e. The fraction of sp³-hybridized carbons (Fsp3) is 0.444. The topological polar surface area (TPSA) is 97.1 Å². The highest BCUT2D eigenvalue weighted by Gasteiger charge is 2.27. The van der Waals surface area contributed by atoms with Crippen LogP contribution in [0.15, 0.2) is 30.3 Å². The van der Waals surface area contributed by atoms with Crippen LogP contribution in [0.4, 0.5) is 0 Å². The number of aliphatic carboxylic acids is 1. The summed E-state index contributed by atoms with van der Waals surface area (Å²) in [5, 5.41) is 20.3. The van der Waals surface area contributed by atoms with Gasteiger partial charge in [0.2, 0.25) is 5.91 Å². The van der Waals surface area contributed by atoms with Crippen LogP contribution in [0.3, 0.4) is 0 Å². The molecule has 132 valence electrons. The highest BCUT2D eigenvalue weighted by molar-refractivity contribution is 5.78. The number of para-hydroxylation sites is 1. The molecule has 3 rings (SSSR count). The van der Waals surface area contributed by atoms with Crippen LogP contribution in [0, 0.1) is 12.8 Å². The van der Waals surface area contributed by atoms with Crippen molar-refractivity contribution in [2.45, 2.75) is 45.1 Å². The summed E-state index contributed by atoms with van der Waals surface area (Å²) in [7, 11) is 0. The van der Waals surface area contributed by atoms with Gasteiger partial charge in [-0.25, -0.2) is 4.68 Å². The van der Waals surface area contributed by atoms with Gasteiger partial charge in [0, 0.05) is 6.04 Å². The minimum absolute atomic E-state index is 0.0487. The zero-order valence-corrected chi connectivity index (χ0v) is 14.2. The van der Waals surface area contributed by atoms with Crippen molar-refractivity contribution in [2.24, 2.45) is 5.92 Å². The second-order valence-electron chi connectivity index (χ2n) is 6.50. The lowest BCUT2D eigenvalue weighted by molar-refractivity contribution is -0.142. The van der Waals surface area contributed by atoms with Crippen molar-refractivity contribution in [2.75, 3.05) is 0 Å². The average Bonchev–Trinajstić information content (AvgIpc) is 2.96. The van der Waals surface area contributed by atoms with Gasteiger partial charge in [0.1, 0.15) is 0 Å². The van der Waals surface area contributed by atoms with Gasteiger partial charge in [0.15, 0.2) is 0 Å². The van der Waals surface area contributed by atoms with Crippen LogP contribution in [0.2, 0.25) is 0 Å². The summed E-state index contributed by atoms with van der Waals surface area (Å²) in [6.45, 7) is 1.90. The van der Waals surface area contributed by atoms with Crippen molar-refractivity contribution >= 4 is 11.9 Å². The van der Waals surface area contributed by atoms with Gasteiger partial charge in [-0.15, -0.1) is 5.10 Å². The molecule has 1 heterocycles. The van der Waals surface area contributed by atoms with Crippen molar-refractivity contribution in [3.05, 3.63) is 41.7 Å². The van der Waals surface area contributed by atoms with E-state index in [2.05, 4.69) is 15.6 Å². The highest BCUT2D eigenvalue weighted by atomic mass is 16.4. The number of hydrogen-bond acceptors (Lipinski definition) is 4. The first-order valence-electron chi connectivity index (χ1n) is 8.53. The number of aromatic nitrogens is 3. The Morgan fingerprint density at radius 2 is 1.88 bits per heavy atom. The van der Waals surface area contributed by atoms with E-state index in [0.717, 1.165) is 11.4 Å². The third-order valence-corrected chi connectivity index (χ3v) is 4.76. The molecule has 0 bridgehead atoms. The summed E-state index contributed by atoms with van der Waals surface area (Å²) in [6.07, 6.45) is 2.82. The van der Waals surface area contributed by atoms with E-state index in [1.54, 1.807) is 4.68 Å². The fourth-order valence-electron chi connectivity index (χ4n) is 3.25. The highest BCUT2D eigenvalue weighted by Crippen LogP contribution is 2.24. The van der Waals surface area contributed by atoms with Crippen LogP contribution in [-0.2, 0) is 16.0 Å². The second-order valence-corrected chi connectivity index (χ2v) is 6.50. The smallest absolute Gasteiger partial charge is 0.306 e. The standard InChI is InChI=1S/C18H22N4O3/c1-12-16(20-21-22(12)15-5-3-2-4-6-15)11-17(23)19-14-9-7-13(8-10-14)18(24)25/h2-6,13-14H,7-11H2,1H3,(H,19,23)(H,24,25). The molecule has 0 atom stereocenters. The van der Waals surface area contributed by atoms with Crippen molar-refractivity contribution in [3.8, 4) is 5.69 Å². The molecule has 0 spiro atoms. The van der Waals surface area contributed by atoms with Crippen LogP contribution in [-0.4, -0.2) is 38.0 Å². The molecule has 0 aliphatic heterocycles. The quantitative estimate of drug-likeness (QED) is 0.865. The molecule has 1 aliphatic rings. The molecule has 1 amide bonds. The Labute approximate surface area is 146 Å². The Morgan fingerprint density at radius 3 is 2.52 bits per heavy atom. The van der Waals surface area contributed by atoms with Crippen molar-refractivity contribution in [1.29, 1.82) is 0 Å². The normalized spacial score (nSPS) is 20.2. The van der Waals surface area contributed by atoms with Crippen LogP contribution < -0.4 is 5.32 Å². The molecule has 2 aromatic rings. The first-order chi connectivity index (χ1) is 12.0. The summed E-state index contributed by atoms with van der Waals surface area (Å²) >= 11 is 0. The van der Waals surface area contributed by atoms with Gasteiger partial charge in [-0.05, 0) is 44.7 Å². The molecule has 1 aliphatic carbocycles. The van der Waals surface area contributed by atoms with E-state index in [1.807, 2.05) is 37.3 Å². The van der Waals surface area contributed by atoms with E-state index in [-0.39, 0.29) is 24.3 Å². The molecule has 0 saturated heterocycles. The molecule has 2 N–H and O–H groups in total. The summed E-state index contributed by atoms with van der Waals surface area (Å²) in [4.78, 5) is 23.3. The number of hydrogen-bond donors (Lipinski definition) is 2. The SMILES string of the molecule is Cc1c(CC(=O)NC2CCC(C(=O)O)CC2)nnn1-c1ccccc1. The third-order valence-electron chi connectivity index (χ3n) is 4.76. The lowest BCUT2D eigenvalue weighted by Crippen LogP contribution is -2.39. The van der Waals surface area contributed by atoms with Gasteiger partial charge in [-0.2, -0.15) is 0 Å². The number of nitrogens with zero attached hydrogens (tertiary/aromatic N) is 3. The maximum atomic E-state index is 12.3. The zero-order valence-electron chi connectivity index (χ0n) is 14.2. The predicted octanol–water partition coefficient (Wildman–Crippen LogP) is 1.88. The van der Waals surface area contributed by atoms with E-state index in [9.17, 15) is 9.59 Å². The number of carbonyl (C=O) groups excluding carboxylic acids is 1. The first-order valence-corrected chi connectivity index (χ1v) is 8.53. The number of rotatable bonds is 5. The molecule has 1 fully saturated rings. The van der Waals surface area contributed by atoms with Crippen molar-refractivity contribution < 1.29 is 14.7 Å². The van der Waals surface area contributed by atoms with E-state index >= 15 is 0 Å². The van der Waals surface area contributed by atoms with Crippen LogP contribution >= 0.6 is 0 Å². The van der Waals surface area contributed by atoms with Crippen molar-refractivity contribution in [3.63, 3.8) is 0 Å². The molecule has 1 aromatic heterocycles. The fourth-order valence-corrected chi connectivity index (χ4v) is 3.25. The maximum absolute atomic E-state index is 12.3. The van der Waals surface area contributed by atoms with E-state index in [0.29, 0.717) is 31.4 Å². The molecule has 1 aromatic carbocycles. The first kappa shape index (κ1) is 17.1. The Balaban J connectivity index is 1.57. The van der Waals surface area contributed by atoms with Gasteiger partial charge in [-0.1, -0.05) is 23.4 Å². The van der Waals surface area contributed by atoms with Crippen LogP contribution in [0.5, 0.6) is 0 Å². The van der Waals surface area contributed by atoms with E-state index in [1.165, 1.54) is 0 Å². The monoisotopic (exact) mass is 342 g/mol. The largest absolute Gasteiger partial charge is 0.481 e. The average molecular weight is 342 g/mol. The third kappa shape index (κ3) is 4.04. The summed E-state index contributed by atoms with van der Waals surface area (Å²) in [5.74, 6) is -1.11. The van der Waals surface area contributed by atoms with Gasteiger partial charge in [0.25, 0.3) is 0 Å². The maximum Gasteiger partial charge on any atom is 0.306 e. The van der Waals surface area contributed by atoms with Gasteiger partial charge < -0.3 is 10.4 Å². The zero-order chi connectivity index (χ0) is 17.8. The Morgan fingerprint density at radius 1 is 1.20 bits per heavy atom. The predicted molar refractivity (Wildman–Crippen MR) is 91.3 cm³/mol. The van der Waals surface area contributed by atoms with Gasteiger partial charge in [-0.3, -0.25) is 9.59 Å². The molecular formula is C18H22N4O3. The molecular weight excluding hydrogens is 320 g/mol. The number of carboxylic acid groups (broad SMARTS) is 1. The van der Waals surface area contributed by atoms with Gasteiger partial charge >= 0.3 is 5.97 Å². The second kappa shape index (κ2) is 7.46. The molecule has 25 heavy (non-hydrogen) atoms. The lowest BCUT2D eigenvalue weighted by Gasteiger charge is -2.26. The Hall–Kier alpha value is -2.70. The van der Waals surface area contributed by atoms with Crippen LogP contribution in [0.25, 0.3) is 5.69 Å². The molecule has 1 saturated carbocycles. The summed E-state index contributed by atoms with van der Waals surface area (Å²) in [5.41, 5.74) is 2.41. The number of benzene rings is 1. The minimum atomic E-state index is -0.738. The number of carboxylic acids is 1. The van der Waals surface area contributed by atoms with Crippen LogP contribution in [0.1, 0.15) is 37.1 Å². The number of nitrogens with one attached hydrogen (secondary N) is 1. The van der Waals surface area contributed by atoms with E-state index < -0.39 is 5.97 Å². The molecule has 7 heteroatoms. The van der Waals surface area contributed by atoms with E-state index in [4.69, 9.17) is 5.11 Å². The molecule has 0 unspecified atom stereocenters. The van der Waals surface area contributed by atoms with Crippen molar-refractivity contribution in [1.82, 2.24) is 20.3 Å². The summed E-state index contributed by atoms with van der Waals surface area (Å²) in [6, 6.07) is 9.71.